The molecule has 0 aromatic heterocycles. The van der Waals surface area contributed by atoms with Crippen molar-refractivity contribution in [3.63, 3.8) is 0 Å². The molecule has 2 aliphatic heterocycles. The van der Waals surface area contributed by atoms with Crippen molar-refractivity contribution in [1.82, 2.24) is 15.5 Å². The largest absolute Gasteiger partial charge is 0.497 e. The van der Waals surface area contributed by atoms with Gasteiger partial charge in [0.1, 0.15) is 11.4 Å². The van der Waals surface area contributed by atoms with Gasteiger partial charge in [-0.1, -0.05) is 42.5 Å². The van der Waals surface area contributed by atoms with Gasteiger partial charge in [0.2, 0.25) is 11.8 Å². The van der Waals surface area contributed by atoms with E-state index in [4.69, 9.17) is 14.2 Å². The second-order valence-corrected chi connectivity index (χ2v) is 11.2. The van der Waals surface area contributed by atoms with Crippen molar-refractivity contribution in [2.24, 2.45) is 5.92 Å². The Morgan fingerprint density at radius 2 is 1.60 bits per heavy atom. The van der Waals surface area contributed by atoms with E-state index >= 15 is 0 Å². The average molecular weight is 580 g/mol. The molecule has 2 heterocycles. The number of nitrogens with zero attached hydrogens (tertiary/aromatic N) is 1. The minimum Gasteiger partial charge on any atom is -0.497 e. The van der Waals surface area contributed by atoms with Crippen LogP contribution in [-0.4, -0.2) is 92.5 Å². The molecule has 0 radical (unpaired) electrons. The Bertz CT molecular complexity index is 1220. The van der Waals surface area contributed by atoms with Crippen LogP contribution in [0.5, 0.6) is 5.75 Å². The number of rotatable bonds is 15. The van der Waals surface area contributed by atoms with Gasteiger partial charge < -0.3 is 24.8 Å². The summed E-state index contributed by atoms with van der Waals surface area (Å²) < 4.78 is 16.0. The van der Waals surface area contributed by atoms with Gasteiger partial charge in [-0.3, -0.25) is 24.1 Å². The first kappa shape index (κ1) is 31.3. The van der Waals surface area contributed by atoms with E-state index in [2.05, 4.69) is 10.6 Å². The minimum absolute atomic E-state index is 0.100. The highest BCUT2D eigenvalue weighted by atomic mass is 16.6. The van der Waals surface area contributed by atoms with E-state index < -0.39 is 29.5 Å². The second-order valence-electron chi connectivity index (χ2n) is 11.2. The number of morpholine rings is 1. The fraction of sp³-hybridized carbons (Fsp3) is 0.500. The van der Waals surface area contributed by atoms with Crippen molar-refractivity contribution in [3.05, 3.63) is 65.7 Å². The normalized spacial score (nSPS) is 20.5. The molecule has 2 amide bonds. The predicted molar refractivity (Wildman–Crippen MR) is 156 cm³/mol. The summed E-state index contributed by atoms with van der Waals surface area (Å²) in [4.78, 5) is 55.0. The number of carbonyl (C=O) groups is 4. The zero-order valence-corrected chi connectivity index (χ0v) is 24.6. The molecular formula is C32H41N3O7. The first-order valence-electron chi connectivity index (χ1n) is 14.4. The van der Waals surface area contributed by atoms with Crippen LogP contribution >= 0.6 is 0 Å². The van der Waals surface area contributed by atoms with Crippen LogP contribution in [0.4, 0.5) is 0 Å². The molecule has 2 aliphatic rings. The summed E-state index contributed by atoms with van der Waals surface area (Å²) in [5.74, 6) is -1.19. The van der Waals surface area contributed by atoms with Crippen molar-refractivity contribution in [2.75, 3.05) is 46.6 Å². The van der Waals surface area contributed by atoms with Crippen LogP contribution in [0.1, 0.15) is 31.4 Å². The van der Waals surface area contributed by atoms with E-state index in [1.165, 1.54) is 0 Å². The lowest BCUT2D eigenvalue weighted by molar-refractivity contribution is -0.134. The first-order valence-corrected chi connectivity index (χ1v) is 14.4. The van der Waals surface area contributed by atoms with E-state index in [1.807, 2.05) is 47.4 Å². The molecule has 226 valence electrons. The first-order chi connectivity index (χ1) is 20.2. The lowest BCUT2D eigenvalue weighted by Gasteiger charge is -2.27. The highest BCUT2D eigenvalue weighted by Crippen LogP contribution is 2.29. The van der Waals surface area contributed by atoms with Gasteiger partial charge in [0.15, 0.2) is 11.6 Å². The summed E-state index contributed by atoms with van der Waals surface area (Å²) >= 11 is 0. The predicted octanol–water partition coefficient (Wildman–Crippen LogP) is 1.74. The molecule has 1 unspecified atom stereocenters. The molecule has 2 saturated heterocycles. The molecule has 2 N–H and O–H groups in total. The lowest BCUT2D eigenvalue weighted by atomic mass is 9.89. The molecule has 2 fully saturated rings. The van der Waals surface area contributed by atoms with Crippen LogP contribution in [0.3, 0.4) is 0 Å². The van der Waals surface area contributed by atoms with Crippen LogP contribution in [0.2, 0.25) is 0 Å². The number of ether oxygens (including phenoxy) is 3. The third kappa shape index (κ3) is 8.95. The van der Waals surface area contributed by atoms with Gasteiger partial charge in [0.05, 0.1) is 45.6 Å². The summed E-state index contributed by atoms with van der Waals surface area (Å²) in [7, 11) is 1.58. The maximum Gasteiger partial charge on any atom is 0.234 e. The Balaban J connectivity index is 1.46. The standard InChI is InChI=1S/C32H41N3O7/c1-22(33-29(37)20-35-13-15-41-16-14-35)28(36)19-25(17-24-9-11-26(40-3)12-10-24)31(39)34-27(30(38)32(2)21-42-32)18-23-7-5-4-6-8-23/h4-12,22,25,27H,13-21H2,1-3H3,(H,33,37)(H,34,39)/t22-,25?,27-,32+/m0/s1. The molecule has 10 heteroatoms. The second kappa shape index (κ2) is 14.5. The lowest BCUT2D eigenvalue weighted by Crippen LogP contribution is -2.50. The van der Waals surface area contributed by atoms with Crippen LogP contribution in [0.25, 0.3) is 0 Å². The van der Waals surface area contributed by atoms with E-state index in [-0.39, 0.29) is 36.9 Å². The molecule has 0 saturated carbocycles. The number of epoxide rings is 1. The maximum atomic E-state index is 13.8. The van der Waals surface area contributed by atoms with Gasteiger partial charge in [0, 0.05) is 25.4 Å². The Morgan fingerprint density at radius 1 is 0.952 bits per heavy atom. The maximum absolute atomic E-state index is 13.8. The zero-order chi connectivity index (χ0) is 30.1. The van der Waals surface area contributed by atoms with E-state index in [0.717, 1.165) is 11.1 Å². The minimum atomic E-state index is -0.923. The molecule has 0 bridgehead atoms. The molecule has 2 aromatic rings. The number of carbonyl (C=O) groups excluding carboxylic acids is 4. The number of Topliss-reactive ketones (excluding diaryl/α,β-unsaturated/α-hetero) is 2. The third-order valence-corrected chi connectivity index (χ3v) is 7.81. The van der Waals surface area contributed by atoms with Crippen molar-refractivity contribution < 1.29 is 33.4 Å². The highest BCUT2D eigenvalue weighted by molar-refractivity contribution is 5.98. The smallest absolute Gasteiger partial charge is 0.234 e. The Hall–Kier alpha value is -3.60. The van der Waals surface area contributed by atoms with E-state index in [0.29, 0.717) is 45.1 Å². The topological polar surface area (TPSA) is 127 Å². The monoisotopic (exact) mass is 579 g/mol. The van der Waals surface area contributed by atoms with Crippen molar-refractivity contribution in [2.45, 2.75) is 50.8 Å². The van der Waals surface area contributed by atoms with Gasteiger partial charge in [-0.2, -0.15) is 0 Å². The van der Waals surface area contributed by atoms with Crippen molar-refractivity contribution in [1.29, 1.82) is 0 Å². The molecule has 2 aromatic carbocycles. The van der Waals surface area contributed by atoms with E-state index in [1.54, 1.807) is 33.1 Å². The SMILES string of the molecule is COc1ccc(CC(CC(=O)[C@H](C)NC(=O)CN2CCOCC2)C(=O)N[C@@H](Cc2ccccc2)C(=O)[C@@]2(C)CO2)cc1. The summed E-state index contributed by atoms with van der Waals surface area (Å²) in [5.41, 5.74) is 0.823. The Morgan fingerprint density at radius 3 is 2.21 bits per heavy atom. The van der Waals surface area contributed by atoms with Gasteiger partial charge >= 0.3 is 0 Å². The summed E-state index contributed by atoms with van der Waals surface area (Å²) in [6.45, 7) is 6.31. The summed E-state index contributed by atoms with van der Waals surface area (Å²) in [6.07, 6.45) is 0.481. The molecule has 4 atom stereocenters. The quantitative estimate of drug-likeness (QED) is 0.306. The number of nitrogens with one attached hydrogen (secondary N) is 2. The molecule has 10 nitrogen and oxygen atoms in total. The fourth-order valence-electron chi connectivity index (χ4n) is 5.02. The third-order valence-electron chi connectivity index (χ3n) is 7.81. The van der Waals surface area contributed by atoms with Crippen LogP contribution in [0.15, 0.2) is 54.6 Å². The molecule has 0 aliphatic carbocycles. The van der Waals surface area contributed by atoms with E-state index in [9.17, 15) is 19.2 Å². The number of methoxy groups -OCH3 is 1. The number of hydrogen-bond donors (Lipinski definition) is 2. The van der Waals surface area contributed by atoms with Crippen LogP contribution in [0, 0.1) is 5.92 Å². The molecule has 0 spiro atoms. The van der Waals surface area contributed by atoms with Gasteiger partial charge in [0.25, 0.3) is 0 Å². The summed E-state index contributed by atoms with van der Waals surface area (Å²) in [5, 5.41) is 5.72. The van der Waals surface area contributed by atoms with Gasteiger partial charge in [-0.15, -0.1) is 0 Å². The fourth-order valence-corrected chi connectivity index (χ4v) is 5.02. The number of hydrogen-bond acceptors (Lipinski definition) is 8. The highest BCUT2D eigenvalue weighted by Gasteiger charge is 2.50. The number of benzene rings is 2. The Kier molecular flexibility index (Phi) is 10.8. The molecular weight excluding hydrogens is 538 g/mol. The van der Waals surface area contributed by atoms with Gasteiger partial charge in [-0.05, 0) is 49.9 Å². The number of amides is 2. The number of ketones is 2. The molecule has 42 heavy (non-hydrogen) atoms. The average Bonchev–Trinajstić information content (AvgIpc) is 3.75. The van der Waals surface area contributed by atoms with Crippen LogP contribution in [-0.2, 0) is 41.5 Å². The Labute approximate surface area is 247 Å². The molecule has 4 rings (SSSR count). The zero-order valence-electron chi connectivity index (χ0n) is 24.6. The van der Waals surface area contributed by atoms with Crippen LogP contribution < -0.4 is 15.4 Å². The van der Waals surface area contributed by atoms with Crippen molar-refractivity contribution in [3.8, 4) is 5.75 Å². The van der Waals surface area contributed by atoms with Gasteiger partial charge in [-0.25, -0.2) is 0 Å². The summed E-state index contributed by atoms with van der Waals surface area (Å²) in [6, 6.07) is 15.2. The van der Waals surface area contributed by atoms with Crippen molar-refractivity contribution >= 4 is 23.4 Å².